The Balaban J connectivity index is 1.74. The number of hydrogen-bond acceptors (Lipinski definition) is 3. The fourth-order valence-electron chi connectivity index (χ4n) is 3.81. The Kier molecular flexibility index (Phi) is 3.28. The van der Waals surface area contributed by atoms with E-state index in [2.05, 4.69) is 54.8 Å². The van der Waals surface area contributed by atoms with Crippen molar-refractivity contribution >= 4 is 32.7 Å². The molecule has 3 aromatic heterocycles. The van der Waals surface area contributed by atoms with E-state index in [1.807, 2.05) is 29.1 Å². The van der Waals surface area contributed by atoms with E-state index in [1.165, 1.54) is 22.2 Å². The summed E-state index contributed by atoms with van der Waals surface area (Å²) in [7, 11) is 3.79. The number of ether oxygens (including phenoxy) is 1. The summed E-state index contributed by atoms with van der Waals surface area (Å²) in [6.07, 6.45) is 3.90. The highest BCUT2D eigenvalue weighted by molar-refractivity contribution is 6.04. The van der Waals surface area contributed by atoms with Crippen LogP contribution in [-0.4, -0.2) is 26.4 Å². The van der Waals surface area contributed by atoms with E-state index in [4.69, 9.17) is 9.84 Å². The van der Waals surface area contributed by atoms with Crippen molar-refractivity contribution in [2.45, 2.75) is 13.8 Å². The maximum Gasteiger partial charge on any atom is 0.119 e. The molecule has 0 atom stereocenters. The number of nitrogens with zero attached hydrogens (tertiary/aromatic N) is 4. The van der Waals surface area contributed by atoms with Crippen LogP contribution in [0.3, 0.4) is 0 Å². The predicted molar refractivity (Wildman–Crippen MR) is 109 cm³/mol. The van der Waals surface area contributed by atoms with Gasteiger partial charge in [0.05, 0.1) is 24.5 Å². The Morgan fingerprint density at radius 3 is 2.59 bits per heavy atom. The molecule has 0 spiro atoms. The second-order valence-electron chi connectivity index (χ2n) is 6.98. The molecule has 5 rings (SSSR count). The molecule has 0 aliphatic rings. The minimum Gasteiger partial charge on any atom is -0.497 e. The van der Waals surface area contributed by atoms with Crippen molar-refractivity contribution in [1.29, 1.82) is 0 Å². The van der Waals surface area contributed by atoms with Crippen LogP contribution in [0.5, 0.6) is 5.75 Å². The average molecular weight is 356 g/mol. The molecule has 3 heterocycles. The van der Waals surface area contributed by atoms with Crippen molar-refractivity contribution in [3.63, 3.8) is 0 Å². The summed E-state index contributed by atoms with van der Waals surface area (Å²) in [4.78, 5) is 4.54. The minimum atomic E-state index is 0.821. The van der Waals surface area contributed by atoms with Crippen LogP contribution in [0.2, 0.25) is 0 Å². The van der Waals surface area contributed by atoms with Crippen LogP contribution in [0, 0.1) is 13.8 Å². The van der Waals surface area contributed by atoms with Crippen LogP contribution in [0.15, 0.2) is 48.8 Å². The first-order chi connectivity index (χ1) is 13.1. The van der Waals surface area contributed by atoms with E-state index in [1.54, 1.807) is 7.11 Å². The van der Waals surface area contributed by atoms with Gasteiger partial charge in [-0.05, 0) is 55.8 Å². The van der Waals surface area contributed by atoms with Crippen LogP contribution in [0.4, 0.5) is 0 Å². The summed E-state index contributed by atoms with van der Waals surface area (Å²) in [5.41, 5.74) is 6.69. The molecule has 0 radical (unpaired) electrons. The van der Waals surface area contributed by atoms with Gasteiger partial charge < -0.3 is 9.30 Å². The average Bonchev–Trinajstić information content (AvgIpc) is 3.23. The number of benzene rings is 2. The van der Waals surface area contributed by atoms with E-state index in [9.17, 15) is 0 Å². The van der Waals surface area contributed by atoms with Gasteiger partial charge in [0.25, 0.3) is 0 Å². The standard InChI is InChI=1S/C22H20N4O/c1-13-14(2)25(3)22-8-5-15(9-17(13)22)26-12-19-18-10-16(27-4)6-7-20(18)23-11-21(19)24-26/h5-12H,1-4H3. The maximum absolute atomic E-state index is 5.38. The molecular formula is C22H20N4O. The maximum atomic E-state index is 5.38. The van der Waals surface area contributed by atoms with Crippen molar-refractivity contribution in [2.24, 2.45) is 7.05 Å². The molecule has 0 amide bonds. The molecular weight excluding hydrogens is 336 g/mol. The molecule has 0 unspecified atom stereocenters. The normalized spacial score (nSPS) is 11.7. The third kappa shape index (κ3) is 2.24. The van der Waals surface area contributed by atoms with Gasteiger partial charge in [-0.1, -0.05) is 0 Å². The van der Waals surface area contributed by atoms with Crippen LogP contribution in [-0.2, 0) is 7.05 Å². The number of aromatic nitrogens is 4. The molecule has 5 heteroatoms. The van der Waals surface area contributed by atoms with E-state index < -0.39 is 0 Å². The van der Waals surface area contributed by atoms with Gasteiger partial charge in [0.2, 0.25) is 0 Å². The lowest BCUT2D eigenvalue weighted by molar-refractivity contribution is 0.415. The number of methoxy groups -OCH3 is 1. The first kappa shape index (κ1) is 15.9. The molecule has 0 aliphatic carbocycles. The lowest BCUT2D eigenvalue weighted by Gasteiger charge is -2.03. The van der Waals surface area contributed by atoms with Crippen LogP contribution >= 0.6 is 0 Å². The summed E-state index contributed by atoms with van der Waals surface area (Å²) in [5, 5.41) is 8.14. The van der Waals surface area contributed by atoms with Crippen LogP contribution < -0.4 is 4.74 Å². The zero-order valence-corrected chi connectivity index (χ0v) is 15.8. The molecule has 2 aromatic carbocycles. The lowest BCUT2D eigenvalue weighted by atomic mass is 10.1. The fraction of sp³-hybridized carbons (Fsp3) is 0.182. The van der Waals surface area contributed by atoms with Crippen molar-refractivity contribution in [1.82, 2.24) is 19.3 Å². The highest BCUT2D eigenvalue weighted by Gasteiger charge is 2.12. The smallest absolute Gasteiger partial charge is 0.119 e. The molecule has 5 aromatic rings. The van der Waals surface area contributed by atoms with E-state index in [-0.39, 0.29) is 0 Å². The summed E-state index contributed by atoms with van der Waals surface area (Å²) >= 11 is 0. The van der Waals surface area contributed by atoms with E-state index in [0.717, 1.165) is 33.2 Å². The van der Waals surface area contributed by atoms with Gasteiger partial charge in [-0.2, -0.15) is 5.10 Å². The Bertz CT molecular complexity index is 1340. The van der Waals surface area contributed by atoms with Gasteiger partial charge in [-0.25, -0.2) is 4.68 Å². The monoisotopic (exact) mass is 356 g/mol. The largest absolute Gasteiger partial charge is 0.497 e. The molecule has 0 N–H and O–H groups in total. The summed E-state index contributed by atoms with van der Waals surface area (Å²) in [6.45, 7) is 4.33. The van der Waals surface area contributed by atoms with Crippen LogP contribution in [0.1, 0.15) is 11.3 Å². The van der Waals surface area contributed by atoms with Crippen LogP contribution in [0.25, 0.3) is 38.4 Å². The van der Waals surface area contributed by atoms with Gasteiger partial charge in [-0.15, -0.1) is 0 Å². The number of rotatable bonds is 2. The molecule has 0 saturated carbocycles. The van der Waals surface area contributed by atoms with Gasteiger partial charge in [0, 0.05) is 40.6 Å². The second kappa shape index (κ2) is 5.58. The van der Waals surface area contributed by atoms with E-state index >= 15 is 0 Å². The Morgan fingerprint density at radius 1 is 0.926 bits per heavy atom. The summed E-state index contributed by atoms with van der Waals surface area (Å²) in [5.74, 6) is 0.821. The highest BCUT2D eigenvalue weighted by Crippen LogP contribution is 2.29. The number of fused-ring (bicyclic) bond motifs is 4. The van der Waals surface area contributed by atoms with Gasteiger partial charge in [-0.3, -0.25) is 4.98 Å². The number of aryl methyl sites for hydroxylation is 2. The third-order valence-corrected chi connectivity index (χ3v) is 5.62. The Hall–Kier alpha value is -3.34. The zero-order chi connectivity index (χ0) is 18.7. The molecule has 0 saturated heterocycles. The zero-order valence-electron chi connectivity index (χ0n) is 15.8. The first-order valence-corrected chi connectivity index (χ1v) is 8.95. The lowest BCUT2D eigenvalue weighted by Crippen LogP contribution is -1.94. The van der Waals surface area contributed by atoms with Crippen molar-refractivity contribution in [3.8, 4) is 11.4 Å². The topological polar surface area (TPSA) is 44.9 Å². The minimum absolute atomic E-state index is 0.821. The Labute approximate surface area is 156 Å². The quantitative estimate of drug-likeness (QED) is 0.461. The predicted octanol–water partition coefficient (Wildman–Crippen LogP) is 4.69. The number of hydrogen-bond donors (Lipinski definition) is 0. The van der Waals surface area contributed by atoms with Crippen molar-refractivity contribution in [3.05, 3.63) is 60.0 Å². The molecule has 134 valence electrons. The van der Waals surface area contributed by atoms with Gasteiger partial charge in [0.1, 0.15) is 11.3 Å². The van der Waals surface area contributed by atoms with Crippen molar-refractivity contribution < 1.29 is 4.74 Å². The SMILES string of the molecule is COc1ccc2ncc3nn(-c4ccc5c(c4)c(C)c(C)n5C)cc3c2c1. The highest BCUT2D eigenvalue weighted by atomic mass is 16.5. The molecule has 0 bridgehead atoms. The van der Waals surface area contributed by atoms with E-state index in [0.29, 0.717) is 0 Å². The summed E-state index contributed by atoms with van der Waals surface area (Å²) < 4.78 is 9.55. The Morgan fingerprint density at radius 2 is 1.78 bits per heavy atom. The van der Waals surface area contributed by atoms with Gasteiger partial charge in [0.15, 0.2) is 0 Å². The number of pyridine rings is 1. The fourth-order valence-corrected chi connectivity index (χ4v) is 3.81. The molecule has 27 heavy (non-hydrogen) atoms. The first-order valence-electron chi connectivity index (χ1n) is 8.95. The second-order valence-corrected chi connectivity index (χ2v) is 6.98. The molecule has 0 aliphatic heterocycles. The summed E-state index contributed by atoms with van der Waals surface area (Å²) in [6, 6.07) is 12.4. The third-order valence-electron chi connectivity index (χ3n) is 5.62. The van der Waals surface area contributed by atoms with Crippen molar-refractivity contribution in [2.75, 3.05) is 7.11 Å². The van der Waals surface area contributed by atoms with Gasteiger partial charge >= 0.3 is 0 Å². The molecule has 0 fully saturated rings. The molecule has 5 nitrogen and oxygen atoms in total.